The van der Waals surface area contributed by atoms with Crippen LogP contribution in [0.1, 0.15) is 17.2 Å². The molecule has 0 aromatic heterocycles. The van der Waals surface area contributed by atoms with Crippen molar-refractivity contribution in [2.75, 3.05) is 7.05 Å². The third-order valence-corrected chi connectivity index (χ3v) is 6.04. The van der Waals surface area contributed by atoms with Gasteiger partial charge in [0, 0.05) is 12.6 Å². The van der Waals surface area contributed by atoms with Gasteiger partial charge in [0.25, 0.3) is 0 Å². The third kappa shape index (κ3) is 2.39. The highest BCUT2D eigenvalue weighted by Gasteiger charge is 2.41. The second kappa shape index (κ2) is 5.39. The molecule has 116 valence electrons. The van der Waals surface area contributed by atoms with Crippen LogP contribution >= 0.6 is 0 Å². The number of nitrogens with zero attached hydrogens (tertiary/aromatic N) is 1. The van der Waals surface area contributed by atoms with E-state index in [1.165, 1.54) is 17.4 Å². The summed E-state index contributed by atoms with van der Waals surface area (Å²) >= 11 is 0. The molecule has 0 amide bonds. The summed E-state index contributed by atoms with van der Waals surface area (Å²) in [6, 6.07) is 12.5. The summed E-state index contributed by atoms with van der Waals surface area (Å²) < 4.78 is 26.4. The fourth-order valence-electron chi connectivity index (χ4n) is 2.86. The zero-order chi connectivity index (χ0) is 15.9. The van der Waals surface area contributed by atoms with Crippen molar-refractivity contribution in [2.24, 2.45) is 0 Å². The molecule has 2 atom stereocenters. The second-order valence-corrected chi connectivity index (χ2v) is 7.41. The van der Waals surface area contributed by atoms with E-state index in [0.29, 0.717) is 12.0 Å². The minimum atomic E-state index is -3.62. The Hall–Kier alpha value is -1.89. The fraction of sp³-hybridized carbons (Fsp3) is 0.250. The van der Waals surface area contributed by atoms with Crippen LogP contribution in [0.4, 0.5) is 0 Å². The van der Waals surface area contributed by atoms with Crippen LogP contribution in [0.3, 0.4) is 0 Å². The van der Waals surface area contributed by atoms with Crippen LogP contribution in [0.5, 0.6) is 5.75 Å². The van der Waals surface area contributed by atoms with E-state index < -0.39 is 22.2 Å². The van der Waals surface area contributed by atoms with E-state index in [0.717, 1.165) is 5.56 Å². The Morgan fingerprint density at radius 2 is 1.86 bits per heavy atom. The number of hydrogen-bond donors (Lipinski definition) is 2. The molecule has 0 radical (unpaired) electrons. The fourth-order valence-corrected chi connectivity index (χ4v) is 4.46. The zero-order valence-electron chi connectivity index (χ0n) is 12.0. The molecule has 2 aromatic rings. The average Bonchev–Trinajstić information content (AvgIpc) is 2.50. The van der Waals surface area contributed by atoms with Gasteiger partial charge in [-0.25, -0.2) is 8.42 Å². The van der Waals surface area contributed by atoms with Gasteiger partial charge < -0.3 is 10.2 Å². The number of aliphatic hydroxyl groups excluding tert-OH is 1. The molecule has 1 heterocycles. The Bertz CT molecular complexity index is 803. The molecule has 0 fully saturated rings. The lowest BCUT2D eigenvalue weighted by Gasteiger charge is -2.37. The Morgan fingerprint density at radius 3 is 2.59 bits per heavy atom. The molecule has 1 aliphatic rings. The molecule has 2 N–H and O–H groups in total. The summed E-state index contributed by atoms with van der Waals surface area (Å²) in [6.07, 6.45) is -0.591. The smallest absolute Gasteiger partial charge is 0.243 e. The molecular formula is C16H17NO4S. The number of sulfonamides is 1. The van der Waals surface area contributed by atoms with E-state index in [1.807, 2.05) is 0 Å². The largest absolute Gasteiger partial charge is 0.508 e. The number of aliphatic hydroxyl groups is 1. The first-order valence-corrected chi connectivity index (χ1v) is 8.38. The Labute approximate surface area is 129 Å². The minimum absolute atomic E-state index is 0.119. The van der Waals surface area contributed by atoms with Crippen molar-refractivity contribution in [1.82, 2.24) is 4.31 Å². The number of hydrogen-bond acceptors (Lipinski definition) is 4. The van der Waals surface area contributed by atoms with Gasteiger partial charge in [-0.1, -0.05) is 30.3 Å². The van der Waals surface area contributed by atoms with Gasteiger partial charge in [-0.15, -0.1) is 0 Å². The first-order chi connectivity index (χ1) is 10.4. The minimum Gasteiger partial charge on any atom is -0.508 e. The summed E-state index contributed by atoms with van der Waals surface area (Å²) in [5.41, 5.74) is 1.19. The highest BCUT2D eigenvalue weighted by Crippen LogP contribution is 2.37. The molecule has 6 heteroatoms. The van der Waals surface area contributed by atoms with Gasteiger partial charge in [0.05, 0.1) is 17.0 Å². The number of phenolic OH excluding ortho intramolecular Hbond substituents is 1. The number of benzene rings is 2. The molecule has 0 saturated carbocycles. The normalized spacial score (nSPS) is 23.9. The predicted molar refractivity (Wildman–Crippen MR) is 81.9 cm³/mol. The highest BCUT2D eigenvalue weighted by atomic mass is 32.2. The maximum atomic E-state index is 12.6. The maximum Gasteiger partial charge on any atom is 0.243 e. The molecule has 0 aliphatic carbocycles. The van der Waals surface area contributed by atoms with Gasteiger partial charge in [-0.05, 0) is 30.2 Å². The van der Waals surface area contributed by atoms with E-state index in [2.05, 4.69) is 0 Å². The molecule has 0 spiro atoms. The number of likely N-dealkylation sites (N-methyl/N-ethyl adjacent to an activating group) is 1. The zero-order valence-corrected chi connectivity index (χ0v) is 12.9. The Morgan fingerprint density at radius 1 is 1.14 bits per heavy atom. The molecular weight excluding hydrogens is 302 g/mol. The van der Waals surface area contributed by atoms with Crippen molar-refractivity contribution in [2.45, 2.75) is 23.5 Å². The van der Waals surface area contributed by atoms with Crippen LogP contribution in [-0.4, -0.2) is 36.0 Å². The quantitative estimate of drug-likeness (QED) is 0.883. The van der Waals surface area contributed by atoms with E-state index in [4.69, 9.17) is 0 Å². The molecule has 5 nitrogen and oxygen atoms in total. The topological polar surface area (TPSA) is 77.8 Å². The van der Waals surface area contributed by atoms with Crippen molar-refractivity contribution in [3.8, 4) is 5.75 Å². The van der Waals surface area contributed by atoms with Gasteiger partial charge >= 0.3 is 0 Å². The van der Waals surface area contributed by atoms with E-state index in [9.17, 15) is 18.6 Å². The summed E-state index contributed by atoms with van der Waals surface area (Å²) in [5.74, 6) is 0.119. The maximum absolute atomic E-state index is 12.6. The molecule has 1 aliphatic heterocycles. The standard InChI is InChI=1S/C16H17NO4S/c1-17-14(10-11-5-4-6-12(18)9-11)16(19)13-7-2-3-8-15(13)22(17,20)21/h2-9,14,16,18-19H,10H2,1H3/t14-,16+/m1/s1. The van der Waals surface area contributed by atoms with Gasteiger partial charge in [0.2, 0.25) is 10.0 Å². The SMILES string of the molecule is CN1[C@H](Cc2cccc(O)c2)[C@@H](O)c2ccccc2S1(=O)=O. The first-order valence-electron chi connectivity index (χ1n) is 6.94. The van der Waals surface area contributed by atoms with Gasteiger partial charge in [0.1, 0.15) is 5.75 Å². The van der Waals surface area contributed by atoms with Crippen LogP contribution in [0, 0.1) is 0 Å². The van der Waals surface area contributed by atoms with Crippen LogP contribution in [0.25, 0.3) is 0 Å². The van der Waals surface area contributed by atoms with E-state index in [-0.39, 0.29) is 10.6 Å². The Balaban J connectivity index is 2.03. The van der Waals surface area contributed by atoms with Crippen molar-refractivity contribution in [1.29, 1.82) is 0 Å². The van der Waals surface area contributed by atoms with Crippen LogP contribution in [0.15, 0.2) is 53.4 Å². The van der Waals surface area contributed by atoms with Gasteiger partial charge in [0.15, 0.2) is 0 Å². The Kier molecular flexibility index (Phi) is 3.68. The van der Waals surface area contributed by atoms with Crippen LogP contribution in [-0.2, 0) is 16.4 Å². The number of rotatable bonds is 2. The molecule has 0 unspecified atom stereocenters. The number of fused-ring (bicyclic) bond motifs is 1. The van der Waals surface area contributed by atoms with Crippen LogP contribution in [0.2, 0.25) is 0 Å². The molecule has 0 bridgehead atoms. The van der Waals surface area contributed by atoms with Crippen LogP contribution < -0.4 is 0 Å². The summed E-state index contributed by atoms with van der Waals surface area (Å²) in [7, 11) is -2.15. The van der Waals surface area contributed by atoms with Crippen molar-refractivity contribution >= 4 is 10.0 Å². The summed E-state index contributed by atoms with van der Waals surface area (Å²) in [4.78, 5) is 0.150. The summed E-state index contributed by atoms with van der Waals surface area (Å²) in [5, 5.41) is 20.1. The van der Waals surface area contributed by atoms with E-state index >= 15 is 0 Å². The third-order valence-electron chi connectivity index (χ3n) is 4.08. The predicted octanol–water partition coefficient (Wildman–Crippen LogP) is 1.67. The highest BCUT2D eigenvalue weighted by molar-refractivity contribution is 7.89. The first kappa shape index (κ1) is 15.0. The lowest BCUT2D eigenvalue weighted by atomic mass is 9.96. The van der Waals surface area contributed by atoms with Gasteiger partial charge in [-0.2, -0.15) is 4.31 Å². The monoisotopic (exact) mass is 319 g/mol. The summed E-state index contributed by atoms with van der Waals surface area (Å²) in [6.45, 7) is 0. The number of aromatic hydroxyl groups is 1. The molecule has 2 aromatic carbocycles. The lowest BCUT2D eigenvalue weighted by Crippen LogP contribution is -2.46. The number of phenols is 1. The van der Waals surface area contributed by atoms with Gasteiger partial charge in [-0.3, -0.25) is 0 Å². The second-order valence-electron chi connectivity index (χ2n) is 5.45. The molecule has 0 saturated heterocycles. The average molecular weight is 319 g/mol. The van der Waals surface area contributed by atoms with Crippen molar-refractivity contribution in [3.05, 3.63) is 59.7 Å². The van der Waals surface area contributed by atoms with Crippen molar-refractivity contribution in [3.63, 3.8) is 0 Å². The van der Waals surface area contributed by atoms with E-state index in [1.54, 1.807) is 42.5 Å². The molecule has 3 rings (SSSR count). The lowest BCUT2D eigenvalue weighted by molar-refractivity contribution is 0.0891. The van der Waals surface area contributed by atoms with Crippen molar-refractivity contribution < 1.29 is 18.6 Å². The molecule has 22 heavy (non-hydrogen) atoms.